The van der Waals surface area contributed by atoms with Crippen LogP contribution in [0.5, 0.6) is 0 Å². The van der Waals surface area contributed by atoms with Crippen LogP contribution in [0, 0.1) is 12.3 Å². The zero-order chi connectivity index (χ0) is 10.0. The van der Waals surface area contributed by atoms with E-state index in [0.717, 1.165) is 11.3 Å². The van der Waals surface area contributed by atoms with Gasteiger partial charge in [0.1, 0.15) is 0 Å². The second-order valence-corrected chi connectivity index (χ2v) is 5.23. The summed E-state index contributed by atoms with van der Waals surface area (Å²) in [5.41, 5.74) is 4.93. The highest BCUT2D eigenvalue weighted by atomic mass is 15.1. The molecule has 0 aliphatic heterocycles. The van der Waals surface area contributed by atoms with E-state index < -0.39 is 0 Å². The van der Waals surface area contributed by atoms with Gasteiger partial charge in [0, 0.05) is 5.39 Å². The van der Waals surface area contributed by atoms with Crippen LogP contribution in [-0.4, -0.2) is 10.2 Å². The van der Waals surface area contributed by atoms with Crippen LogP contribution in [0.15, 0.2) is 18.3 Å². The van der Waals surface area contributed by atoms with Gasteiger partial charge in [-0.1, -0.05) is 6.07 Å². The molecule has 2 aromatic rings. The minimum atomic E-state index is 0.752. The van der Waals surface area contributed by atoms with Crippen LogP contribution in [0.25, 0.3) is 10.9 Å². The zero-order valence-corrected chi connectivity index (χ0v) is 8.88. The van der Waals surface area contributed by atoms with Crippen LogP contribution in [0.2, 0.25) is 0 Å². The third-order valence-corrected chi connectivity index (χ3v) is 4.39. The van der Waals surface area contributed by atoms with E-state index in [1.54, 1.807) is 5.56 Å². The normalized spacial score (nSPS) is 26.1. The average molecular weight is 198 g/mol. The first-order chi connectivity index (χ1) is 7.30. The van der Waals surface area contributed by atoms with Crippen molar-refractivity contribution in [3.8, 4) is 0 Å². The van der Waals surface area contributed by atoms with Crippen LogP contribution in [-0.2, 0) is 0 Å². The van der Waals surface area contributed by atoms with E-state index in [2.05, 4.69) is 29.3 Å². The largest absolute Gasteiger partial charge is 0.278 e. The minimum absolute atomic E-state index is 0.752. The molecule has 0 radical (unpaired) electrons. The van der Waals surface area contributed by atoms with Gasteiger partial charge >= 0.3 is 0 Å². The van der Waals surface area contributed by atoms with Crippen LogP contribution in [0.4, 0.5) is 0 Å². The summed E-state index contributed by atoms with van der Waals surface area (Å²) in [6.45, 7) is 2.24. The Kier molecular flexibility index (Phi) is 1.19. The summed E-state index contributed by atoms with van der Waals surface area (Å²) in [4.78, 5) is 0. The molecule has 1 unspecified atom stereocenters. The summed E-state index contributed by atoms with van der Waals surface area (Å²) >= 11 is 0. The molecule has 0 saturated heterocycles. The first kappa shape index (κ1) is 7.91. The predicted molar refractivity (Wildman–Crippen MR) is 59.9 cm³/mol. The van der Waals surface area contributed by atoms with E-state index in [1.165, 1.54) is 35.7 Å². The van der Waals surface area contributed by atoms with Crippen LogP contribution >= 0.6 is 0 Å². The molecular weight excluding hydrogens is 184 g/mol. The maximum Gasteiger partial charge on any atom is 0.0653 e. The van der Waals surface area contributed by atoms with Gasteiger partial charge < -0.3 is 0 Å². The summed E-state index contributed by atoms with van der Waals surface area (Å²) in [6.07, 6.45) is 6.30. The second kappa shape index (κ2) is 2.26. The predicted octanol–water partition coefficient (Wildman–Crippen LogP) is 3.14. The van der Waals surface area contributed by atoms with Gasteiger partial charge in [-0.25, -0.2) is 0 Å². The fraction of sp³-hybridized carbons (Fsp3) is 0.462. The molecule has 0 amide bonds. The number of rotatable bonds is 1. The first-order valence-electron chi connectivity index (χ1n) is 5.73. The lowest BCUT2D eigenvalue weighted by molar-refractivity contribution is 0.837. The number of hydrogen-bond donors (Lipinski definition) is 1. The number of H-pyrrole nitrogens is 1. The molecule has 1 N–H and O–H groups in total. The Morgan fingerprint density at radius 3 is 3.00 bits per heavy atom. The molecule has 4 rings (SSSR count). The number of nitrogens with one attached hydrogen (secondary N) is 1. The van der Waals surface area contributed by atoms with E-state index in [4.69, 9.17) is 0 Å². The molecule has 2 nitrogen and oxygen atoms in total. The molecule has 2 saturated carbocycles. The topological polar surface area (TPSA) is 28.7 Å². The number of hydrogen-bond acceptors (Lipinski definition) is 1. The Balaban J connectivity index is 1.90. The highest BCUT2D eigenvalue weighted by molar-refractivity contribution is 5.83. The Labute approximate surface area is 88.7 Å². The molecule has 1 atom stereocenters. The maximum atomic E-state index is 4.11. The van der Waals surface area contributed by atoms with Crippen molar-refractivity contribution >= 4 is 10.9 Å². The smallest absolute Gasteiger partial charge is 0.0653 e. The Morgan fingerprint density at radius 1 is 1.40 bits per heavy atom. The van der Waals surface area contributed by atoms with Crippen molar-refractivity contribution in [2.24, 2.45) is 5.41 Å². The molecule has 2 heteroatoms. The van der Waals surface area contributed by atoms with E-state index in [-0.39, 0.29) is 0 Å². The van der Waals surface area contributed by atoms with E-state index in [1.807, 2.05) is 6.20 Å². The highest BCUT2D eigenvalue weighted by Crippen LogP contribution is 2.75. The van der Waals surface area contributed by atoms with Gasteiger partial charge in [0.05, 0.1) is 11.7 Å². The summed E-state index contributed by atoms with van der Waals surface area (Å²) in [7, 11) is 0. The summed E-state index contributed by atoms with van der Waals surface area (Å²) in [5, 5.41) is 8.44. The SMILES string of the molecule is Cc1c(C2CC23CC3)ccc2[nH]ncc12. The molecule has 2 fully saturated rings. The average Bonchev–Trinajstić information content (AvgIpc) is 3.10. The standard InChI is InChI=1S/C13H14N2/c1-8-9(11-6-13(11)4-5-13)2-3-12-10(8)7-14-15-12/h2-3,7,11H,4-6H2,1H3,(H,14,15). The lowest BCUT2D eigenvalue weighted by Crippen LogP contribution is -1.88. The number of benzene rings is 1. The number of fused-ring (bicyclic) bond motifs is 1. The van der Waals surface area contributed by atoms with Gasteiger partial charge in [0.2, 0.25) is 0 Å². The zero-order valence-electron chi connectivity index (χ0n) is 8.88. The molecule has 2 aliphatic carbocycles. The third-order valence-electron chi connectivity index (χ3n) is 4.39. The number of aromatic amines is 1. The van der Waals surface area contributed by atoms with Crippen molar-refractivity contribution in [2.45, 2.75) is 32.1 Å². The Morgan fingerprint density at radius 2 is 2.27 bits per heavy atom. The lowest BCUT2D eigenvalue weighted by atomic mass is 9.99. The van der Waals surface area contributed by atoms with Crippen molar-refractivity contribution in [3.05, 3.63) is 29.5 Å². The summed E-state index contributed by atoms with van der Waals surface area (Å²) < 4.78 is 0. The number of aryl methyl sites for hydroxylation is 1. The molecule has 1 aromatic carbocycles. The lowest BCUT2D eigenvalue weighted by Gasteiger charge is -2.05. The second-order valence-electron chi connectivity index (χ2n) is 5.23. The number of aromatic nitrogens is 2. The van der Waals surface area contributed by atoms with Crippen LogP contribution in [0.1, 0.15) is 36.3 Å². The highest BCUT2D eigenvalue weighted by Gasteiger charge is 2.63. The van der Waals surface area contributed by atoms with Crippen LogP contribution < -0.4 is 0 Å². The van der Waals surface area contributed by atoms with Crippen molar-refractivity contribution < 1.29 is 0 Å². The first-order valence-corrected chi connectivity index (χ1v) is 5.73. The quantitative estimate of drug-likeness (QED) is 0.749. The Bertz CT molecular complexity index is 549. The molecule has 1 heterocycles. The number of nitrogens with zero attached hydrogens (tertiary/aromatic N) is 1. The third kappa shape index (κ3) is 0.921. The van der Waals surface area contributed by atoms with E-state index in [0.29, 0.717) is 0 Å². The van der Waals surface area contributed by atoms with Crippen molar-refractivity contribution in [3.63, 3.8) is 0 Å². The van der Waals surface area contributed by atoms with E-state index >= 15 is 0 Å². The fourth-order valence-corrected chi connectivity index (χ4v) is 3.05. The van der Waals surface area contributed by atoms with Crippen LogP contribution in [0.3, 0.4) is 0 Å². The van der Waals surface area contributed by atoms with Gasteiger partial charge in [0.15, 0.2) is 0 Å². The monoisotopic (exact) mass is 198 g/mol. The van der Waals surface area contributed by atoms with Gasteiger partial charge in [-0.2, -0.15) is 5.10 Å². The summed E-state index contributed by atoms with van der Waals surface area (Å²) in [6, 6.07) is 4.48. The maximum absolute atomic E-state index is 4.11. The van der Waals surface area contributed by atoms with Crippen molar-refractivity contribution in [1.29, 1.82) is 0 Å². The minimum Gasteiger partial charge on any atom is -0.278 e. The van der Waals surface area contributed by atoms with E-state index in [9.17, 15) is 0 Å². The Hall–Kier alpha value is -1.31. The van der Waals surface area contributed by atoms with Gasteiger partial charge in [-0.05, 0) is 54.7 Å². The molecule has 76 valence electrons. The molecule has 1 aromatic heterocycles. The van der Waals surface area contributed by atoms with Gasteiger partial charge in [-0.15, -0.1) is 0 Å². The van der Waals surface area contributed by atoms with Gasteiger partial charge in [0.25, 0.3) is 0 Å². The molecule has 1 spiro atoms. The molecular formula is C13H14N2. The fourth-order valence-electron chi connectivity index (χ4n) is 3.05. The summed E-state index contributed by atoms with van der Waals surface area (Å²) in [5.74, 6) is 0.858. The van der Waals surface area contributed by atoms with Crippen molar-refractivity contribution in [1.82, 2.24) is 10.2 Å². The molecule has 15 heavy (non-hydrogen) atoms. The molecule has 2 aliphatic rings. The van der Waals surface area contributed by atoms with Gasteiger partial charge in [-0.3, -0.25) is 5.10 Å². The van der Waals surface area contributed by atoms with Crippen molar-refractivity contribution in [2.75, 3.05) is 0 Å². The molecule has 0 bridgehead atoms.